The Labute approximate surface area is 227 Å². The highest BCUT2D eigenvalue weighted by atomic mass is 16.2. The van der Waals surface area contributed by atoms with E-state index in [1.807, 2.05) is 41.5 Å². The third-order valence-corrected chi connectivity index (χ3v) is 6.26. The van der Waals surface area contributed by atoms with Gasteiger partial charge >= 0.3 is 0 Å². The number of hydrogen-bond acceptors (Lipinski definition) is 1. The molecular formula is C35H62O. The zero-order chi connectivity index (χ0) is 27.6. The standard InChI is InChI=1S/C17H28O.C12H16.3C2H6/c1-3-7-16(8-5-6-13-18)14-17-11-9-15(4-2)10-12-17;1-2-5-10-6-3-4-7-12(10)11-8-9-11;3*1-2/h9-12,16,18H,3-8,13-14H2,1-2H3;3-4,6-7,11H,2,5,8-9H2,1H3;3*1-2H3. The lowest BCUT2D eigenvalue weighted by Crippen LogP contribution is -2.05. The monoisotopic (exact) mass is 498 g/mol. The average molecular weight is 499 g/mol. The van der Waals surface area contributed by atoms with Crippen LogP contribution in [0.25, 0.3) is 0 Å². The molecule has 0 aliphatic heterocycles. The van der Waals surface area contributed by atoms with Crippen molar-refractivity contribution in [3.05, 3.63) is 70.8 Å². The second kappa shape index (κ2) is 26.5. The highest BCUT2D eigenvalue weighted by Gasteiger charge is 2.24. The van der Waals surface area contributed by atoms with Crippen LogP contribution in [0.3, 0.4) is 0 Å². The van der Waals surface area contributed by atoms with Gasteiger partial charge in [0.05, 0.1) is 0 Å². The summed E-state index contributed by atoms with van der Waals surface area (Å²) in [6, 6.07) is 18.0. The number of aliphatic hydroxyl groups excluding tert-OH is 1. The van der Waals surface area contributed by atoms with Gasteiger partial charge in [0.25, 0.3) is 0 Å². The molecule has 1 aliphatic carbocycles. The molecule has 1 atom stereocenters. The van der Waals surface area contributed by atoms with E-state index >= 15 is 0 Å². The molecule has 1 nitrogen and oxygen atoms in total. The Kier molecular flexibility index (Phi) is 26.9. The van der Waals surface area contributed by atoms with Crippen LogP contribution in [-0.2, 0) is 19.3 Å². The predicted molar refractivity (Wildman–Crippen MR) is 165 cm³/mol. The van der Waals surface area contributed by atoms with E-state index in [-0.39, 0.29) is 0 Å². The molecule has 2 aromatic carbocycles. The summed E-state index contributed by atoms with van der Waals surface area (Å²) in [5, 5.41) is 8.86. The third-order valence-electron chi connectivity index (χ3n) is 6.26. The molecule has 1 aliphatic rings. The van der Waals surface area contributed by atoms with Crippen LogP contribution in [0.1, 0.15) is 142 Å². The number of aryl methyl sites for hydroxylation is 2. The van der Waals surface area contributed by atoms with E-state index in [4.69, 9.17) is 5.11 Å². The van der Waals surface area contributed by atoms with Crippen molar-refractivity contribution in [3.8, 4) is 0 Å². The Hall–Kier alpha value is -1.60. The maximum Gasteiger partial charge on any atom is 0.0431 e. The van der Waals surface area contributed by atoms with Crippen molar-refractivity contribution < 1.29 is 5.11 Å². The van der Waals surface area contributed by atoms with Gasteiger partial charge in [-0.15, -0.1) is 0 Å². The van der Waals surface area contributed by atoms with Gasteiger partial charge in [0.15, 0.2) is 0 Å². The van der Waals surface area contributed by atoms with Gasteiger partial charge < -0.3 is 5.11 Å². The first-order valence-electron chi connectivity index (χ1n) is 15.5. The molecule has 1 N–H and O–H groups in total. The average Bonchev–Trinajstić information content (AvgIpc) is 3.79. The molecule has 1 fully saturated rings. The summed E-state index contributed by atoms with van der Waals surface area (Å²) in [5.41, 5.74) is 6.10. The fraction of sp³-hybridized carbons (Fsp3) is 0.657. The molecule has 2 aromatic rings. The molecule has 36 heavy (non-hydrogen) atoms. The van der Waals surface area contributed by atoms with Crippen LogP contribution in [0.15, 0.2) is 48.5 Å². The second-order valence-electron chi connectivity index (χ2n) is 8.97. The predicted octanol–water partition coefficient (Wildman–Crippen LogP) is 11.0. The Balaban J connectivity index is 0. The molecule has 1 unspecified atom stereocenters. The number of unbranched alkanes of at least 4 members (excludes halogenated alkanes) is 1. The van der Waals surface area contributed by atoms with E-state index in [1.54, 1.807) is 11.1 Å². The summed E-state index contributed by atoms with van der Waals surface area (Å²) in [6.07, 6.45) is 13.6. The van der Waals surface area contributed by atoms with Crippen LogP contribution in [0.4, 0.5) is 0 Å². The lowest BCUT2D eigenvalue weighted by Gasteiger charge is -2.16. The molecule has 208 valence electrons. The Morgan fingerprint density at radius 3 is 1.81 bits per heavy atom. The number of rotatable bonds is 12. The smallest absolute Gasteiger partial charge is 0.0431 e. The van der Waals surface area contributed by atoms with E-state index in [0.717, 1.165) is 31.1 Å². The molecule has 0 aromatic heterocycles. The highest BCUT2D eigenvalue weighted by Crippen LogP contribution is 2.41. The minimum atomic E-state index is 0.337. The Bertz CT molecular complexity index is 684. The summed E-state index contributed by atoms with van der Waals surface area (Å²) in [5.74, 6) is 1.70. The van der Waals surface area contributed by atoms with Crippen LogP contribution in [0.2, 0.25) is 0 Å². The zero-order valence-electron chi connectivity index (χ0n) is 25.7. The van der Waals surface area contributed by atoms with Crippen molar-refractivity contribution in [1.82, 2.24) is 0 Å². The second-order valence-corrected chi connectivity index (χ2v) is 8.97. The van der Waals surface area contributed by atoms with Gasteiger partial charge in [0.2, 0.25) is 0 Å². The highest BCUT2D eigenvalue weighted by molar-refractivity contribution is 5.33. The van der Waals surface area contributed by atoms with Crippen molar-refractivity contribution >= 4 is 0 Å². The maximum absolute atomic E-state index is 8.86. The lowest BCUT2D eigenvalue weighted by molar-refractivity contribution is 0.276. The number of aliphatic hydroxyl groups is 1. The first kappa shape index (κ1) is 36.6. The van der Waals surface area contributed by atoms with Gasteiger partial charge in [0.1, 0.15) is 0 Å². The van der Waals surface area contributed by atoms with Crippen LogP contribution in [0, 0.1) is 5.92 Å². The summed E-state index contributed by atoms with van der Waals surface area (Å²) >= 11 is 0. The van der Waals surface area contributed by atoms with Crippen molar-refractivity contribution in [1.29, 1.82) is 0 Å². The van der Waals surface area contributed by atoms with Gasteiger partial charge in [-0.05, 0) is 72.6 Å². The van der Waals surface area contributed by atoms with E-state index in [2.05, 4.69) is 69.3 Å². The first-order valence-corrected chi connectivity index (χ1v) is 15.5. The molecule has 1 saturated carbocycles. The fourth-order valence-electron chi connectivity index (χ4n) is 4.37. The van der Waals surface area contributed by atoms with Crippen LogP contribution in [-0.4, -0.2) is 11.7 Å². The van der Waals surface area contributed by atoms with Crippen molar-refractivity contribution in [3.63, 3.8) is 0 Å². The fourth-order valence-corrected chi connectivity index (χ4v) is 4.37. The molecule has 3 rings (SSSR count). The molecule has 0 amide bonds. The van der Waals surface area contributed by atoms with Gasteiger partial charge in [-0.25, -0.2) is 0 Å². The molecular weight excluding hydrogens is 436 g/mol. The number of benzene rings is 2. The quantitative estimate of drug-likeness (QED) is 0.288. The van der Waals surface area contributed by atoms with Crippen LogP contribution < -0.4 is 0 Å². The van der Waals surface area contributed by atoms with E-state index in [0.29, 0.717) is 6.61 Å². The normalized spacial score (nSPS) is 12.3. The van der Waals surface area contributed by atoms with Crippen molar-refractivity contribution in [2.24, 2.45) is 5.92 Å². The molecule has 0 radical (unpaired) electrons. The van der Waals surface area contributed by atoms with E-state index in [1.165, 1.54) is 62.5 Å². The SMILES string of the molecule is CC.CC.CC.CCCC(CCCCO)Cc1ccc(CC)cc1.CCCc1ccccc1C1CC1. The Morgan fingerprint density at radius 2 is 1.31 bits per heavy atom. The largest absolute Gasteiger partial charge is 0.396 e. The summed E-state index contributed by atoms with van der Waals surface area (Å²) < 4.78 is 0. The minimum absolute atomic E-state index is 0.337. The summed E-state index contributed by atoms with van der Waals surface area (Å²) in [6.45, 7) is 19.1. The zero-order valence-corrected chi connectivity index (χ0v) is 25.7. The van der Waals surface area contributed by atoms with E-state index in [9.17, 15) is 0 Å². The third kappa shape index (κ3) is 17.0. The van der Waals surface area contributed by atoms with Crippen molar-refractivity contribution in [2.45, 2.75) is 139 Å². The van der Waals surface area contributed by atoms with Crippen molar-refractivity contribution in [2.75, 3.05) is 6.61 Å². The molecule has 0 heterocycles. The molecule has 0 saturated heterocycles. The molecule has 0 bridgehead atoms. The summed E-state index contributed by atoms with van der Waals surface area (Å²) in [7, 11) is 0. The maximum atomic E-state index is 8.86. The summed E-state index contributed by atoms with van der Waals surface area (Å²) in [4.78, 5) is 0. The molecule has 1 heteroatoms. The van der Waals surface area contributed by atoms with Gasteiger partial charge in [-0.2, -0.15) is 0 Å². The lowest BCUT2D eigenvalue weighted by atomic mass is 9.90. The van der Waals surface area contributed by atoms with Gasteiger partial charge in [-0.3, -0.25) is 0 Å². The van der Waals surface area contributed by atoms with Gasteiger partial charge in [-0.1, -0.05) is 143 Å². The number of hydrogen-bond donors (Lipinski definition) is 1. The van der Waals surface area contributed by atoms with E-state index < -0.39 is 0 Å². The minimum Gasteiger partial charge on any atom is -0.396 e. The van der Waals surface area contributed by atoms with Crippen LogP contribution >= 0.6 is 0 Å². The first-order chi connectivity index (χ1) is 17.7. The van der Waals surface area contributed by atoms with Crippen LogP contribution in [0.5, 0.6) is 0 Å². The Morgan fingerprint density at radius 1 is 0.722 bits per heavy atom. The molecule has 0 spiro atoms. The topological polar surface area (TPSA) is 20.2 Å². The van der Waals surface area contributed by atoms with Gasteiger partial charge in [0, 0.05) is 6.61 Å².